The van der Waals surface area contributed by atoms with Crippen molar-refractivity contribution in [3.63, 3.8) is 0 Å². The number of hydrogen-bond donors (Lipinski definition) is 2. The quantitative estimate of drug-likeness (QED) is 0.680. The smallest absolute Gasteiger partial charge is 0.320 e. The Labute approximate surface area is 96.8 Å². The highest BCUT2D eigenvalue weighted by Gasteiger charge is 2.19. The van der Waals surface area contributed by atoms with Gasteiger partial charge in [-0.2, -0.15) is 0 Å². The van der Waals surface area contributed by atoms with Crippen LogP contribution in [0.1, 0.15) is 20.3 Å². The van der Waals surface area contributed by atoms with E-state index in [0.717, 1.165) is 32.8 Å². The van der Waals surface area contributed by atoms with Crippen molar-refractivity contribution < 1.29 is 14.6 Å². The van der Waals surface area contributed by atoms with E-state index in [9.17, 15) is 4.79 Å². The molecule has 94 valence electrons. The molecule has 0 amide bonds. The highest BCUT2D eigenvalue weighted by atomic mass is 16.5. The van der Waals surface area contributed by atoms with Crippen LogP contribution in [0.3, 0.4) is 0 Å². The molecule has 1 heterocycles. The number of hydrogen-bond acceptors (Lipinski definition) is 4. The summed E-state index contributed by atoms with van der Waals surface area (Å²) in [5, 5.41) is 12.1. The maximum absolute atomic E-state index is 11.0. The molecule has 0 aromatic heterocycles. The molecule has 0 aromatic rings. The van der Waals surface area contributed by atoms with Crippen molar-refractivity contribution in [3.8, 4) is 0 Å². The van der Waals surface area contributed by atoms with Gasteiger partial charge in [0.05, 0.1) is 13.2 Å². The lowest BCUT2D eigenvalue weighted by Gasteiger charge is -2.28. The van der Waals surface area contributed by atoms with Crippen molar-refractivity contribution in [2.45, 2.75) is 32.4 Å². The Morgan fingerprint density at radius 2 is 2.06 bits per heavy atom. The predicted octanol–water partition coefficient (Wildman–Crippen LogP) is 0.160. The summed E-state index contributed by atoms with van der Waals surface area (Å²) < 4.78 is 5.24. The number of carbonyl (C=O) groups is 1. The minimum absolute atomic E-state index is 0.200. The van der Waals surface area contributed by atoms with Crippen LogP contribution in [-0.4, -0.2) is 60.9 Å². The Hall–Kier alpha value is -0.650. The maximum Gasteiger partial charge on any atom is 0.320 e. The zero-order valence-electron chi connectivity index (χ0n) is 10.1. The van der Waals surface area contributed by atoms with Gasteiger partial charge >= 0.3 is 5.97 Å². The van der Waals surface area contributed by atoms with E-state index in [1.807, 2.05) is 13.8 Å². The molecule has 1 fully saturated rings. The number of carboxylic acids is 1. The van der Waals surface area contributed by atoms with E-state index >= 15 is 0 Å². The largest absolute Gasteiger partial charge is 0.480 e. The molecule has 0 spiro atoms. The van der Waals surface area contributed by atoms with Crippen molar-refractivity contribution in [2.75, 3.05) is 32.8 Å². The molecule has 16 heavy (non-hydrogen) atoms. The summed E-state index contributed by atoms with van der Waals surface area (Å²) in [6, 6.07) is -0.242. The van der Waals surface area contributed by atoms with E-state index in [1.165, 1.54) is 0 Å². The van der Waals surface area contributed by atoms with Gasteiger partial charge in [-0.1, -0.05) is 13.8 Å². The molecule has 0 aromatic carbocycles. The SMILES string of the molecule is CC(C)NC(CCN1CCOCC1)C(=O)O. The molecule has 5 nitrogen and oxygen atoms in total. The zero-order valence-corrected chi connectivity index (χ0v) is 10.1. The number of aliphatic carboxylic acids is 1. The first-order valence-corrected chi connectivity index (χ1v) is 5.88. The lowest BCUT2D eigenvalue weighted by atomic mass is 10.1. The van der Waals surface area contributed by atoms with Crippen LogP contribution in [0.2, 0.25) is 0 Å². The van der Waals surface area contributed by atoms with Crippen molar-refractivity contribution in [1.82, 2.24) is 10.2 Å². The highest BCUT2D eigenvalue weighted by molar-refractivity contribution is 5.73. The fourth-order valence-electron chi connectivity index (χ4n) is 1.82. The van der Waals surface area contributed by atoms with E-state index in [0.29, 0.717) is 6.42 Å². The predicted molar refractivity (Wildman–Crippen MR) is 61.6 cm³/mol. The molecule has 5 heteroatoms. The summed E-state index contributed by atoms with van der Waals surface area (Å²) in [6.45, 7) is 8.09. The van der Waals surface area contributed by atoms with Crippen molar-refractivity contribution in [3.05, 3.63) is 0 Å². The number of nitrogens with zero attached hydrogens (tertiary/aromatic N) is 1. The first-order valence-electron chi connectivity index (χ1n) is 5.88. The van der Waals surface area contributed by atoms with Crippen LogP contribution >= 0.6 is 0 Å². The van der Waals surface area contributed by atoms with Gasteiger partial charge in [0.2, 0.25) is 0 Å². The Kier molecular flexibility index (Phi) is 5.73. The van der Waals surface area contributed by atoms with Crippen LogP contribution < -0.4 is 5.32 Å². The molecule has 0 bridgehead atoms. The van der Waals surface area contributed by atoms with Crippen molar-refractivity contribution >= 4 is 5.97 Å². The van der Waals surface area contributed by atoms with Crippen LogP contribution in [0.4, 0.5) is 0 Å². The summed E-state index contributed by atoms with van der Waals surface area (Å²) in [5.74, 6) is -0.762. The Bertz CT molecular complexity index is 215. The Morgan fingerprint density at radius 1 is 1.44 bits per heavy atom. The maximum atomic E-state index is 11.0. The molecule has 0 aliphatic carbocycles. The summed E-state index contributed by atoms with van der Waals surface area (Å²) in [5.41, 5.74) is 0. The van der Waals surface area contributed by atoms with Gasteiger partial charge in [-0.05, 0) is 6.42 Å². The minimum Gasteiger partial charge on any atom is -0.480 e. The minimum atomic E-state index is -0.762. The lowest BCUT2D eigenvalue weighted by Crippen LogP contribution is -2.44. The van der Waals surface area contributed by atoms with Gasteiger partial charge in [-0.25, -0.2) is 0 Å². The first kappa shape index (κ1) is 13.4. The van der Waals surface area contributed by atoms with Gasteiger partial charge < -0.3 is 15.2 Å². The van der Waals surface area contributed by atoms with E-state index in [1.54, 1.807) is 0 Å². The van der Waals surface area contributed by atoms with Crippen LogP contribution in [0.5, 0.6) is 0 Å². The van der Waals surface area contributed by atoms with Crippen molar-refractivity contribution in [2.24, 2.45) is 0 Å². The van der Waals surface area contributed by atoms with Crippen LogP contribution in [0.15, 0.2) is 0 Å². The number of morpholine rings is 1. The van der Waals surface area contributed by atoms with Gasteiger partial charge in [-0.3, -0.25) is 9.69 Å². The Balaban J connectivity index is 2.28. The lowest BCUT2D eigenvalue weighted by molar-refractivity contribution is -0.140. The topological polar surface area (TPSA) is 61.8 Å². The molecular weight excluding hydrogens is 208 g/mol. The molecular formula is C11H22N2O3. The normalized spacial score (nSPS) is 19.9. The third-order valence-electron chi connectivity index (χ3n) is 2.67. The van der Waals surface area contributed by atoms with Crippen LogP contribution in [0.25, 0.3) is 0 Å². The summed E-state index contributed by atoms with van der Waals surface area (Å²) in [4.78, 5) is 13.3. The second-order valence-corrected chi connectivity index (χ2v) is 4.45. The molecule has 0 radical (unpaired) electrons. The number of carboxylic acid groups (broad SMARTS) is 1. The second-order valence-electron chi connectivity index (χ2n) is 4.45. The molecule has 0 saturated carbocycles. The molecule has 2 N–H and O–H groups in total. The number of rotatable bonds is 6. The van der Waals surface area contributed by atoms with Gasteiger partial charge in [0.15, 0.2) is 0 Å². The number of nitrogens with one attached hydrogen (secondary N) is 1. The van der Waals surface area contributed by atoms with E-state index < -0.39 is 12.0 Å². The van der Waals surface area contributed by atoms with E-state index in [4.69, 9.17) is 9.84 Å². The van der Waals surface area contributed by atoms with Crippen molar-refractivity contribution in [1.29, 1.82) is 0 Å². The van der Waals surface area contributed by atoms with Gasteiger partial charge in [0.1, 0.15) is 6.04 Å². The summed E-state index contributed by atoms with van der Waals surface area (Å²) in [6.07, 6.45) is 0.646. The second kappa shape index (κ2) is 6.83. The third-order valence-corrected chi connectivity index (χ3v) is 2.67. The van der Waals surface area contributed by atoms with Crippen LogP contribution in [0, 0.1) is 0 Å². The molecule has 1 rings (SSSR count). The van der Waals surface area contributed by atoms with E-state index in [-0.39, 0.29) is 6.04 Å². The van der Waals surface area contributed by atoms with Gasteiger partial charge in [0, 0.05) is 25.7 Å². The standard InChI is InChI=1S/C11H22N2O3/c1-9(2)12-10(11(14)15)3-4-13-5-7-16-8-6-13/h9-10,12H,3-8H2,1-2H3,(H,14,15). The molecule has 1 aliphatic rings. The zero-order chi connectivity index (χ0) is 12.0. The molecule has 1 unspecified atom stereocenters. The number of ether oxygens (including phenoxy) is 1. The van der Waals surface area contributed by atoms with Crippen LogP contribution in [-0.2, 0) is 9.53 Å². The summed E-state index contributed by atoms with van der Waals surface area (Å²) >= 11 is 0. The molecule has 1 atom stereocenters. The first-order chi connectivity index (χ1) is 7.59. The van der Waals surface area contributed by atoms with Gasteiger partial charge in [-0.15, -0.1) is 0 Å². The fourth-order valence-corrected chi connectivity index (χ4v) is 1.82. The highest BCUT2D eigenvalue weighted by Crippen LogP contribution is 2.02. The molecule has 1 saturated heterocycles. The average molecular weight is 230 g/mol. The fraction of sp³-hybridized carbons (Fsp3) is 0.909. The Morgan fingerprint density at radius 3 is 2.56 bits per heavy atom. The third kappa shape index (κ3) is 4.92. The summed E-state index contributed by atoms with van der Waals surface area (Å²) in [7, 11) is 0. The average Bonchev–Trinajstić information content (AvgIpc) is 2.25. The van der Waals surface area contributed by atoms with Gasteiger partial charge in [0.25, 0.3) is 0 Å². The van der Waals surface area contributed by atoms with E-state index in [2.05, 4.69) is 10.2 Å². The monoisotopic (exact) mass is 230 g/mol. The molecule has 1 aliphatic heterocycles.